The van der Waals surface area contributed by atoms with Gasteiger partial charge in [0.2, 0.25) is 11.8 Å². The maximum atomic E-state index is 12.5. The van der Waals surface area contributed by atoms with Gasteiger partial charge in [-0.2, -0.15) is 5.10 Å². The average molecular weight is 445 g/mol. The number of nitrogens with zero attached hydrogens (tertiary/aromatic N) is 4. The van der Waals surface area contributed by atoms with Gasteiger partial charge in [-0.3, -0.25) is 9.48 Å². The van der Waals surface area contributed by atoms with Gasteiger partial charge in [0, 0.05) is 18.9 Å². The zero-order valence-corrected chi connectivity index (χ0v) is 19.5. The molecular weight excluding hydrogens is 416 g/mol. The Bertz CT molecular complexity index is 1310. The van der Waals surface area contributed by atoms with E-state index in [1.165, 1.54) is 6.33 Å². The molecule has 8 nitrogen and oxygen atoms in total. The van der Waals surface area contributed by atoms with Gasteiger partial charge in [-0.05, 0) is 63.1 Å². The predicted octanol–water partition coefficient (Wildman–Crippen LogP) is 4.90. The van der Waals surface area contributed by atoms with Crippen LogP contribution >= 0.6 is 0 Å². The predicted molar refractivity (Wildman–Crippen MR) is 130 cm³/mol. The maximum Gasteiger partial charge on any atom is 0.230 e. The number of ether oxygens (including phenoxy) is 1. The highest BCUT2D eigenvalue weighted by molar-refractivity contribution is 5.92. The number of aromatic nitrogens is 4. The second-order valence-electron chi connectivity index (χ2n) is 8.93. The van der Waals surface area contributed by atoms with Crippen LogP contribution in [0.2, 0.25) is 0 Å². The van der Waals surface area contributed by atoms with E-state index in [-0.39, 0.29) is 17.9 Å². The van der Waals surface area contributed by atoms with E-state index in [0.717, 1.165) is 27.7 Å². The van der Waals surface area contributed by atoms with E-state index in [1.807, 2.05) is 61.2 Å². The summed E-state index contributed by atoms with van der Waals surface area (Å²) >= 11 is 0. The third-order valence-electron chi connectivity index (χ3n) is 5.25. The molecule has 0 saturated heterocycles. The van der Waals surface area contributed by atoms with Gasteiger partial charge < -0.3 is 15.4 Å². The van der Waals surface area contributed by atoms with Crippen LogP contribution in [0.1, 0.15) is 31.9 Å². The summed E-state index contributed by atoms with van der Waals surface area (Å²) in [5.41, 5.74) is 4.11. The molecule has 0 aliphatic heterocycles. The first-order valence-corrected chi connectivity index (χ1v) is 10.8. The van der Waals surface area contributed by atoms with E-state index < -0.39 is 0 Å². The standard InChI is InChI=1S/C25H28N6O2/c1-16-10-17(11-23(32)30-19-13-29-31(14-19)25(2,3)4)6-9-22(16)33-24-20-12-18(26-5)7-8-21(20)27-15-28-24/h6-10,12-15,26H,11H2,1-5H3,(H,30,32). The highest BCUT2D eigenvalue weighted by Gasteiger charge is 2.15. The first-order valence-electron chi connectivity index (χ1n) is 10.8. The summed E-state index contributed by atoms with van der Waals surface area (Å²) in [6, 6.07) is 11.6. The van der Waals surface area contributed by atoms with Crippen LogP contribution in [0.3, 0.4) is 0 Å². The number of benzene rings is 2. The Morgan fingerprint density at radius 3 is 2.61 bits per heavy atom. The van der Waals surface area contributed by atoms with Gasteiger partial charge in [-0.25, -0.2) is 9.97 Å². The first kappa shape index (κ1) is 22.3. The SMILES string of the molecule is CNc1ccc2ncnc(Oc3ccc(CC(=O)Nc4cnn(C(C)(C)C)c4)cc3C)c2c1. The molecule has 2 aromatic carbocycles. The summed E-state index contributed by atoms with van der Waals surface area (Å²) in [5, 5.41) is 11.2. The van der Waals surface area contributed by atoms with Gasteiger partial charge in [-0.15, -0.1) is 0 Å². The van der Waals surface area contributed by atoms with E-state index in [4.69, 9.17) is 4.74 Å². The molecule has 0 radical (unpaired) electrons. The summed E-state index contributed by atoms with van der Waals surface area (Å²) < 4.78 is 7.95. The average Bonchev–Trinajstić information content (AvgIpc) is 3.24. The Hall–Kier alpha value is -3.94. The van der Waals surface area contributed by atoms with E-state index >= 15 is 0 Å². The van der Waals surface area contributed by atoms with Crippen LogP contribution in [0.25, 0.3) is 10.9 Å². The topological polar surface area (TPSA) is 94.0 Å². The zero-order valence-electron chi connectivity index (χ0n) is 19.5. The molecule has 0 saturated carbocycles. The number of amides is 1. The van der Waals surface area contributed by atoms with Gasteiger partial charge in [-0.1, -0.05) is 12.1 Å². The molecule has 170 valence electrons. The summed E-state index contributed by atoms with van der Waals surface area (Å²) in [6.07, 6.45) is 5.25. The van der Waals surface area contributed by atoms with Crippen LogP contribution in [-0.2, 0) is 16.8 Å². The normalized spacial score (nSPS) is 11.4. The molecule has 0 bridgehead atoms. The van der Waals surface area contributed by atoms with Gasteiger partial charge in [0.25, 0.3) is 0 Å². The molecule has 8 heteroatoms. The molecule has 0 spiro atoms. The quantitative estimate of drug-likeness (QED) is 0.439. The van der Waals surface area contributed by atoms with Crippen molar-refractivity contribution in [2.75, 3.05) is 17.7 Å². The van der Waals surface area contributed by atoms with E-state index in [9.17, 15) is 4.79 Å². The number of rotatable bonds is 6. The van der Waals surface area contributed by atoms with E-state index in [1.54, 1.807) is 6.20 Å². The van der Waals surface area contributed by atoms with Crippen LogP contribution in [0.4, 0.5) is 11.4 Å². The van der Waals surface area contributed by atoms with Gasteiger partial charge >= 0.3 is 0 Å². The van der Waals surface area contributed by atoms with Crippen LogP contribution in [-0.4, -0.2) is 32.7 Å². The second-order valence-corrected chi connectivity index (χ2v) is 8.93. The van der Waals surface area contributed by atoms with Crippen molar-refractivity contribution >= 4 is 28.2 Å². The van der Waals surface area contributed by atoms with Gasteiger partial charge in [0.1, 0.15) is 12.1 Å². The number of fused-ring (bicyclic) bond motifs is 1. The molecule has 2 heterocycles. The fraction of sp³-hybridized carbons (Fsp3) is 0.280. The lowest BCUT2D eigenvalue weighted by molar-refractivity contribution is -0.115. The summed E-state index contributed by atoms with van der Waals surface area (Å²) in [5.74, 6) is 1.07. The number of nitrogens with one attached hydrogen (secondary N) is 2. The summed E-state index contributed by atoms with van der Waals surface area (Å²) in [4.78, 5) is 21.2. The number of aryl methyl sites for hydroxylation is 1. The number of carbonyl (C=O) groups excluding carboxylic acids is 1. The molecule has 0 unspecified atom stereocenters. The Balaban J connectivity index is 1.47. The number of carbonyl (C=O) groups is 1. The van der Waals surface area contributed by atoms with Crippen molar-refractivity contribution in [2.45, 2.75) is 39.7 Å². The van der Waals surface area contributed by atoms with Crippen molar-refractivity contribution in [1.29, 1.82) is 0 Å². The Morgan fingerprint density at radius 2 is 1.91 bits per heavy atom. The minimum atomic E-state index is -0.139. The Morgan fingerprint density at radius 1 is 1.09 bits per heavy atom. The van der Waals surface area contributed by atoms with Crippen molar-refractivity contribution < 1.29 is 9.53 Å². The molecule has 2 N–H and O–H groups in total. The lowest BCUT2D eigenvalue weighted by atomic mass is 10.1. The molecule has 33 heavy (non-hydrogen) atoms. The third kappa shape index (κ3) is 5.11. The van der Waals surface area contributed by atoms with E-state index in [2.05, 4.69) is 46.5 Å². The lowest BCUT2D eigenvalue weighted by Crippen LogP contribution is -2.22. The molecule has 0 aliphatic rings. The monoisotopic (exact) mass is 444 g/mol. The summed E-state index contributed by atoms with van der Waals surface area (Å²) in [7, 11) is 1.86. The van der Waals surface area contributed by atoms with Crippen molar-refractivity contribution in [3.63, 3.8) is 0 Å². The van der Waals surface area contributed by atoms with Crippen LogP contribution < -0.4 is 15.4 Å². The van der Waals surface area contributed by atoms with Crippen LogP contribution in [0, 0.1) is 6.92 Å². The zero-order chi connectivity index (χ0) is 23.6. The van der Waals surface area contributed by atoms with Crippen LogP contribution in [0.15, 0.2) is 55.1 Å². The van der Waals surface area contributed by atoms with Gasteiger partial charge in [0.05, 0.1) is 34.7 Å². The summed E-state index contributed by atoms with van der Waals surface area (Å²) in [6.45, 7) is 8.12. The molecule has 2 aromatic heterocycles. The first-order chi connectivity index (χ1) is 15.7. The smallest absolute Gasteiger partial charge is 0.230 e. The van der Waals surface area contributed by atoms with Crippen LogP contribution in [0.5, 0.6) is 11.6 Å². The van der Waals surface area contributed by atoms with Crippen molar-refractivity contribution in [2.24, 2.45) is 0 Å². The Kier molecular flexibility index (Phi) is 6.00. The molecule has 4 rings (SSSR count). The highest BCUT2D eigenvalue weighted by atomic mass is 16.5. The van der Waals surface area contributed by atoms with Crippen molar-refractivity contribution in [3.05, 3.63) is 66.2 Å². The van der Waals surface area contributed by atoms with Gasteiger partial charge in [0.15, 0.2) is 0 Å². The molecule has 1 amide bonds. The molecule has 0 fully saturated rings. The fourth-order valence-corrected chi connectivity index (χ4v) is 3.45. The minimum Gasteiger partial charge on any atom is -0.438 e. The largest absolute Gasteiger partial charge is 0.438 e. The number of hydrogen-bond donors (Lipinski definition) is 2. The minimum absolute atomic E-state index is 0.0992. The molecule has 0 atom stereocenters. The molecule has 4 aromatic rings. The second kappa shape index (κ2) is 8.90. The number of anilines is 2. The molecular formula is C25H28N6O2. The third-order valence-corrected chi connectivity index (χ3v) is 5.25. The van der Waals surface area contributed by atoms with Crippen molar-refractivity contribution in [1.82, 2.24) is 19.7 Å². The maximum absolute atomic E-state index is 12.5. The lowest BCUT2D eigenvalue weighted by Gasteiger charge is -2.18. The fourth-order valence-electron chi connectivity index (χ4n) is 3.45. The number of hydrogen-bond acceptors (Lipinski definition) is 6. The van der Waals surface area contributed by atoms with E-state index in [0.29, 0.717) is 17.3 Å². The Labute approximate surface area is 193 Å². The molecule has 0 aliphatic carbocycles. The van der Waals surface area contributed by atoms with Crippen molar-refractivity contribution in [3.8, 4) is 11.6 Å². The highest BCUT2D eigenvalue weighted by Crippen LogP contribution is 2.30.